The number of halogens is 2. The summed E-state index contributed by atoms with van der Waals surface area (Å²) in [6, 6.07) is 15.7. The summed E-state index contributed by atoms with van der Waals surface area (Å²) in [5.74, 6) is 0.0858. The Labute approximate surface area is 203 Å². The molecule has 1 aromatic heterocycles. The summed E-state index contributed by atoms with van der Waals surface area (Å²) in [4.78, 5) is 16.7. The fourth-order valence-electron chi connectivity index (χ4n) is 3.16. The second-order valence-corrected chi connectivity index (χ2v) is 9.67. The van der Waals surface area contributed by atoms with Crippen LogP contribution in [0.1, 0.15) is 0 Å². The summed E-state index contributed by atoms with van der Waals surface area (Å²) in [7, 11) is -2.65. The number of anilines is 3. The molecule has 1 heterocycles. The third-order valence-corrected chi connectivity index (χ3v) is 6.63. The van der Waals surface area contributed by atoms with Crippen LogP contribution < -0.4 is 20.1 Å². The Balaban J connectivity index is 1.66. The van der Waals surface area contributed by atoms with Crippen LogP contribution in [0.2, 0.25) is 0 Å². The van der Waals surface area contributed by atoms with Crippen LogP contribution in [0.5, 0.6) is 5.75 Å². The van der Waals surface area contributed by atoms with Crippen molar-refractivity contribution in [2.24, 2.45) is 0 Å². The summed E-state index contributed by atoms with van der Waals surface area (Å²) in [5.41, 5.74) is 2.11. The highest BCUT2D eigenvalue weighted by Crippen LogP contribution is 2.34. The molecule has 0 atom stereocenters. The molecule has 2 amide bonds. The minimum Gasteiger partial charge on any atom is -0.497 e. The molecule has 0 aliphatic carbocycles. The molecule has 11 heteroatoms. The van der Waals surface area contributed by atoms with Crippen molar-refractivity contribution in [1.29, 1.82) is 0 Å². The van der Waals surface area contributed by atoms with Crippen LogP contribution in [0.25, 0.3) is 10.9 Å². The predicted octanol–water partition coefficient (Wildman–Crippen LogP) is 5.40. The number of ether oxygens (including phenoxy) is 1. The molecule has 0 saturated heterocycles. The first-order chi connectivity index (χ1) is 16.2. The maximum absolute atomic E-state index is 13.1. The molecule has 4 rings (SSSR count). The Kier molecular flexibility index (Phi) is 6.66. The summed E-state index contributed by atoms with van der Waals surface area (Å²) in [6.45, 7) is 0. The topological polar surface area (TPSA) is 109 Å². The van der Waals surface area contributed by atoms with Gasteiger partial charge in [0.15, 0.2) is 0 Å². The smallest absolute Gasteiger partial charge is 0.333 e. The first-order valence-corrected chi connectivity index (χ1v) is 12.1. The first-order valence-electron chi connectivity index (χ1n) is 9.84. The lowest BCUT2D eigenvalue weighted by molar-refractivity contribution is 0.256. The van der Waals surface area contributed by atoms with Crippen molar-refractivity contribution in [1.82, 2.24) is 9.71 Å². The molecule has 0 fully saturated rings. The highest BCUT2D eigenvalue weighted by atomic mass is 79.9. The number of benzene rings is 3. The van der Waals surface area contributed by atoms with Gasteiger partial charge < -0.3 is 15.4 Å². The number of hydrogen-bond acceptors (Lipinski definition) is 6. The lowest BCUT2D eigenvalue weighted by Crippen LogP contribution is -2.34. The molecule has 0 spiro atoms. The molecule has 3 N–H and O–H groups in total. The Morgan fingerprint density at radius 3 is 2.41 bits per heavy atom. The molecule has 174 valence electrons. The van der Waals surface area contributed by atoms with Crippen molar-refractivity contribution in [2.45, 2.75) is 4.90 Å². The molecule has 0 aliphatic heterocycles. The van der Waals surface area contributed by atoms with E-state index in [0.717, 1.165) is 28.7 Å². The third kappa shape index (κ3) is 5.26. The van der Waals surface area contributed by atoms with Gasteiger partial charge in [-0.3, -0.25) is 4.98 Å². The van der Waals surface area contributed by atoms with E-state index in [0.29, 0.717) is 28.0 Å². The summed E-state index contributed by atoms with van der Waals surface area (Å²) >= 11 is 3.44. The van der Waals surface area contributed by atoms with Gasteiger partial charge in [0, 0.05) is 15.5 Å². The number of pyridine rings is 1. The van der Waals surface area contributed by atoms with E-state index >= 15 is 0 Å². The normalized spacial score (nSPS) is 11.1. The number of sulfonamides is 1. The monoisotopic (exact) mass is 544 g/mol. The number of nitrogens with zero attached hydrogens (tertiary/aromatic N) is 1. The molecule has 0 aliphatic rings. The largest absolute Gasteiger partial charge is 0.497 e. The lowest BCUT2D eigenvalue weighted by Gasteiger charge is -2.16. The fourth-order valence-corrected chi connectivity index (χ4v) is 4.42. The number of carbonyl (C=O) groups is 1. The van der Waals surface area contributed by atoms with Crippen LogP contribution in [-0.2, 0) is 10.0 Å². The van der Waals surface area contributed by atoms with E-state index in [4.69, 9.17) is 4.74 Å². The van der Waals surface area contributed by atoms with Crippen molar-refractivity contribution in [2.75, 3.05) is 17.7 Å². The molecule has 34 heavy (non-hydrogen) atoms. The fraction of sp³-hybridized carbons (Fsp3) is 0.0435. The molecule has 0 radical (unpaired) electrons. The van der Waals surface area contributed by atoms with Crippen LogP contribution in [0.15, 0.2) is 82.3 Å². The van der Waals surface area contributed by atoms with Crippen molar-refractivity contribution in [3.05, 3.63) is 83.2 Å². The SMILES string of the molecule is COc1ccc(Nc2c(NC(=O)NS(=O)(=O)c3ccc(F)cc3)cnc3ccc(Br)cc23)cc1. The van der Waals surface area contributed by atoms with Gasteiger partial charge in [-0.2, -0.15) is 0 Å². The van der Waals surface area contributed by atoms with E-state index < -0.39 is 21.9 Å². The number of aromatic nitrogens is 1. The van der Waals surface area contributed by atoms with E-state index in [1.807, 2.05) is 22.9 Å². The Morgan fingerprint density at radius 1 is 1.03 bits per heavy atom. The average Bonchev–Trinajstić information content (AvgIpc) is 2.81. The summed E-state index contributed by atoms with van der Waals surface area (Å²) < 4.78 is 46.0. The minimum absolute atomic E-state index is 0.244. The van der Waals surface area contributed by atoms with Crippen LogP contribution in [0, 0.1) is 5.82 Å². The van der Waals surface area contributed by atoms with Crippen LogP contribution >= 0.6 is 15.9 Å². The van der Waals surface area contributed by atoms with Crippen molar-refractivity contribution >= 4 is 59.9 Å². The van der Waals surface area contributed by atoms with E-state index in [1.165, 1.54) is 6.20 Å². The number of urea groups is 1. The van der Waals surface area contributed by atoms with Crippen molar-refractivity contribution in [3.63, 3.8) is 0 Å². The second kappa shape index (κ2) is 9.65. The quantitative estimate of drug-likeness (QED) is 0.300. The molecule has 4 aromatic rings. The van der Waals surface area contributed by atoms with Gasteiger partial charge in [0.25, 0.3) is 10.0 Å². The molecule has 8 nitrogen and oxygen atoms in total. The number of carbonyl (C=O) groups excluding carboxylic acids is 1. The second-order valence-electron chi connectivity index (χ2n) is 7.08. The summed E-state index contributed by atoms with van der Waals surface area (Å²) in [6.07, 6.45) is 1.42. The number of fused-ring (bicyclic) bond motifs is 1. The maximum atomic E-state index is 13.1. The Bertz CT molecular complexity index is 1460. The molecule has 0 unspecified atom stereocenters. The molecule has 3 aromatic carbocycles. The molecule has 0 saturated carbocycles. The van der Waals surface area contributed by atoms with Crippen LogP contribution in [0.4, 0.5) is 26.2 Å². The van der Waals surface area contributed by atoms with E-state index in [9.17, 15) is 17.6 Å². The van der Waals surface area contributed by atoms with Crippen LogP contribution in [-0.4, -0.2) is 26.5 Å². The number of nitrogens with one attached hydrogen (secondary N) is 3. The highest BCUT2D eigenvalue weighted by Gasteiger charge is 2.19. The number of rotatable bonds is 6. The van der Waals surface area contributed by atoms with Gasteiger partial charge in [-0.1, -0.05) is 15.9 Å². The van der Waals surface area contributed by atoms with Gasteiger partial charge in [0.05, 0.1) is 35.1 Å². The number of methoxy groups -OCH3 is 1. The van der Waals surface area contributed by atoms with Gasteiger partial charge in [-0.05, 0) is 66.7 Å². The standard InChI is InChI=1S/C23H18BrFN4O4S/c1-33-17-7-5-16(6-8-17)27-22-19-12-14(24)2-11-20(19)26-13-21(22)28-23(30)29-34(31,32)18-9-3-15(25)4-10-18/h2-13H,1H3,(H,26,27)(H2,28,29,30). The Morgan fingerprint density at radius 2 is 1.74 bits per heavy atom. The van der Waals surface area contributed by atoms with Gasteiger partial charge >= 0.3 is 6.03 Å². The average molecular weight is 545 g/mol. The molecular formula is C23H18BrFN4O4S. The van der Waals surface area contributed by atoms with Crippen LogP contribution in [0.3, 0.4) is 0 Å². The zero-order valence-electron chi connectivity index (χ0n) is 17.7. The zero-order chi connectivity index (χ0) is 24.3. The Hall–Kier alpha value is -3.70. The van der Waals surface area contributed by atoms with E-state index in [-0.39, 0.29) is 10.6 Å². The number of amides is 2. The van der Waals surface area contributed by atoms with E-state index in [1.54, 1.807) is 31.4 Å². The van der Waals surface area contributed by atoms with Gasteiger partial charge in [0.2, 0.25) is 0 Å². The first kappa shape index (κ1) is 23.5. The van der Waals surface area contributed by atoms with Crippen molar-refractivity contribution in [3.8, 4) is 5.75 Å². The van der Waals surface area contributed by atoms with Gasteiger partial charge in [-0.15, -0.1) is 0 Å². The van der Waals surface area contributed by atoms with E-state index in [2.05, 4.69) is 31.5 Å². The molecular weight excluding hydrogens is 527 g/mol. The summed E-state index contributed by atoms with van der Waals surface area (Å²) in [5, 5.41) is 6.47. The van der Waals surface area contributed by atoms with Gasteiger partial charge in [0.1, 0.15) is 11.6 Å². The zero-order valence-corrected chi connectivity index (χ0v) is 20.1. The third-order valence-electron chi connectivity index (χ3n) is 4.79. The highest BCUT2D eigenvalue weighted by molar-refractivity contribution is 9.10. The van der Waals surface area contributed by atoms with Gasteiger partial charge in [-0.25, -0.2) is 22.3 Å². The minimum atomic E-state index is -4.22. The lowest BCUT2D eigenvalue weighted by atomic mass is 10.1. The van der Waals surface area contributed by atoms with Crippen molar-refractivity contribution < 1.29 is 22.3 Å². The molecule has 0 bridgehead atoms. The predicted molar refractivity (Wildman–Crippen MR) is 131 cm³/mol. The number of hydrogen-bond donors (Lipinski definition) is 3. The maximum Gasteiger partial charge on any atom is 0.333 e.